The minimum atomic E-state index is 0.0543. The van der Waals surface area contributed by atoms with Crippen LogP contribution in [0.1, 0.15) is 49.2 Å². The molecule has 0 N–H and O–H groups in total. The Morgan fingerprint density at radius 2 is 2.07 bits per heavy atom. The summed E-state index contributed by atoms with van der Waals surface area (Å²) in [6, 6.07) is 2.44. The lowest BCUT2D eigenvalue weighted by atomic mass is 9.85. The molecule has 1 aliphatic carbocycles. The van der Waals surface area contributed by atoms with Crippen LogP contribution in [0.15, 0.2) is 24.7 Å². The number of carbonyl (C=O) groups excluding carboxylic acids is 1. The standard InChI is InChI=1S/C20H27N7O/c1-24-9-10-26(20(24)28)18-11-22-27(14-18)17-6-8-25(13-17)12-16-5-7-21-19(23-16)15-3-2-4-15/h5,7,11,14-15,17H,2-4,6,8-10,12-13H2,1H3. The first kappa shape index (κ1) is 17.6. The molecule has 0 bridgehead atoms. The number of hydrogen-bond donors (Lipinski definition) is 0. The van der Waals surface area contributed by atoms with Gasteiger partial charge in [-0.3, -0.25) is 14.5 Å². The van der Waals surface area contributed by atoms with E-state index in [2.05, 4.69) is 15.0 Å². The molecule has 2 saturated heterocycles. The summed E-state index contributed by atoms with van der Waals surface area (Å²) in [6.07, 6.45) is 10.6. The van der Waals surface area contributed by atoms with Gasteiger partial charge in [0, 0.05) is 58.1 Å². The predicted octanol–water partition coefficient (Wildman–Crippen LogP) is 2.26. The molecule has 148 valence electrons. The second-order valence-corrected chi connectivity index (χ2v) is 8.25. The largest absolute Gasteiger partial charge is 0.326 e. The maximum Gasteiger partial charge on any atom is 0.324 e. The van der Waals surface area contributed by atoms with E-state index >= 15 is 0 Å². The first-order valence-electron chi connectivity index (χ1n) is 10.3. The summed E-state index contributed by atoms with van der Waals surface area (Å²) in [4.78, 5) is 27.4. The fraction of sp³-hybridized carbons (Fsp3) is 0.600. The lowest BCUT2D eigenvalue weighted by Gasteiger charge is -2.24. The summed E-state index contributed by atoms with van der Waals surface area (Å²) < 4.78 is 2.03. The summed E-state index contributed by atoms with van der Waals surface area (Å²) in [5.74, 6) is 1.59. The summed E-state index contributed by atoms with van der Waals surface area (Å²) in [7, 11) is 1.84. The molecule has 0 spiro atoms. The molecule has 2 aromatic heterocycles. The van der Waals surface area contributed by atoms with Crippen LogP contribution in [0.5, 0.6) is 0 Å². The highest BCUT2D eigenvalue weighted by Gasteiger charge is 2.30. The van der Waals surface area contributed by atoms with Crippen molar-refractivity contribution < 1.29 is 4.79 Å². The van der Waals surface area contributed by atoms with Gasteiger partial charge in [-0.1, -0.05) is 6.42 Å². The zero-order valence-corrected chi connectivity index (χ0v) is 16.4. The zero-order valence-electron chi connectivity index (χ0n) is 16.4. The van der Waals surface area contributed by atoms with Crippen LogP contribution in [0.2, 0.25) is 0 Å². The van der Waals surface area contributed by atoms with E-state index in [1.807, 2.05) is 36.4 Å². The van der Waals surface area contributed by atoms with E-state index in [9.17, 15) is 4.79 Å². The molecule has 3 aliphatic rings. The van der Waals surface area contributed by atoms with Crippen LogP contribution in [-0.4, -0.2) is 68.8 Å². The van der Waals surface area contributed by atoms with Gasteiger partial charge in [0.25, 0.3) is 0 Å². The third-order valence-corrected chi connectivity index (χ3v) is 6.33. The van der Waals surface area contributed by atoms with Gasteiger partial charge in [0.15, 0.2) is 0 Å². The van der Waals surface area contributed by atoms with Gasteiger partial charge < -0.3 is 4.90 Å². The van der Waals surface area contributed by atoms with Gasteiger partial charge in [0.05, 0.1) is 23.6 Å². The molecule has 0 radical (unpaired) electrons. The van der Waals surface area contributed by atoms with Crippen molar-refractivity contribution >= 4 is 11.7 Å². The molecule has 1 unspecified atom stereocenters. The zero-order chi connectivity index (χ0) is 19.1. The van der Waals surface area contributed by atoms with E-state index in [1.54, 1.807) is 9.80 Å². The number of amides is 2. The molecule has 8 heteroatoms. The SMILES string of the molecule is CN1CCN(c2cnn(C3CCN(Cc4ccnc(C5CCC5)n4)C3)c2)C1=O. The molecular formula is C20H27N7O. The number of rotatable bonds is 5. The first-order valence-corrected chi connectivity index (χ1v) is 10.3. The summed E-state index contributed by atoms with van der Waals surface area (Å²) in [6.45, 7) is 4.35. The molecule has 1 saturated carbocycles. The van der Waals surface area contributed by atoms with Crippen LogP contribution in [-0.2, 0) is 6.54 Å². The van der Waals surface area contributed by atoms with Crippen molar-refractivity contribution in [2.75, 3.05) is 38.1 Å². The van der Waals surface area contributed by atoms with Gasteiger partial charge >= 0.3 is 6.03 Å². The van der Waals surface area contributed by atoms with Crippen LogP contribution in [0.4, 0.5) is 10.5 Å². The summed E-state index contributed by atoms with van der Waals surface area (Å²) >= 11 is 0. The molecule has 4 heterocycles. The van der Waals surface area contributed by atoms with Crippen molar-refractivity contribution in [1.29, 1.82) is 0 Å². The van der Waals surface area contributed by atoms with Crippen LogP contribution in [0.25, 0.3) is 0 Å². The molecule has 3 fully saturated rings. The molecule has 2 aliphatic heterocycles. The number of likely N-dealkylation sites (N-methyl/N-ethyl adjacent to an activating group) is 1. The van der Waals surface area contributed by atoms with Gasteiger partial charge in [-0.2, -0.15) is 5.10 Å². The van der Waals surface area contributed by atoms with E-state index < -0.39 is 0 Å². The highest BCUT2D eigenvalue weighted by atomic mass is 16.2. The van der Waals surface area contributed by atoms with Gasteiger partial charge in [-0.15, -0.1) is 0 Å². The Morgan fingerprint density at radius 3 is 2.82 bits per heavy atom. The number of carbonyl (C=O) groups is 1. The quantitative estimate of drug-likeness (QED) is 0.795. The van der Waals surface area contributed by atoms with Gasteiger partial charge in [0.2, 0.25) is 0 Å². The number of hydrogen-bond acceptors (Lipinski definition) is 5. The fourth-order valence-electron chi connectivity index (χ4n) is 4.32. The Morgan fingerprint density at radius 1 is 1.18 bits per heavy atom. The number of likely N-dealkylation sites (tertiary alicyclic amines) is 1. The smallest absolute Gasteiger partial charge is 0.324 e. The first-order chi connectivity index (χ1) is 13.7. The van der Waals surface area contributed by atoms with Gasteiger partial charge in [-0.25, -0.2) is 14.8 Å². The molecule has 28 heavy (non-hydrogen) atoms. The monoisotopic (exact) mass is 381 g/mol. The summed E-state index contributed by atoms with van der Waals surface area (Å²) in [5, 5.41) is 4.55. The normalized spacial score (nSPS) is 23.6. The Labute approximate surface area is 165 Å². The van der Waals surface area contributed by atoms with E-state index in [-0.39, 0.29) is 6.03 Å². The van der Waals surface area contributed by atoms with E-state index in [0.717, 1.165) is 56.4 Å². The second kappa shape index (κ2) is 7.16. The van der Waals surface area contributed by atoms with Gasteiger partial charge in [0.1, 0.15) is 5.82 Å². The van der Waals surface area contributed by atoms with Crippen LogP contribution < -0.4 is 4.90 Å². The van der Waals surface area contributed by atoms with Crippen molar-refractivity contribution in [3.8, 4) is 0 Å². The Kier molecular flexibility index (Phi) is 4.50. The lowest BCUT2D eigenvalue weighted by Crippen LogP contribution is -2.28. The second-order valence-electron chi connectivity index (χ2n) is 8.25. The third-order valence-electron chi connectivity index (χ3n) is 6.33. The highest BCUT2D eigenvalue weighted by molar-refractivity contribution is 5.93. The van der Waals surface area contributed by atoms with Crippen molar-refractivity contribution in [1.82, 2.24) is 29.5 Å². The topological polar surface area (TPSA) is 70.4 Å². The molecule has 1 atom stereocenters. The molecule has 5 rings (SSSR count). The Bertz CT molecular complexity index is 862. The van der Waals surface area contributed by atoms with Gasteiger partial charge in [-0.05, 0) is 25.3 Å². The minimum Gasteiger partial charge on any atom is -0.326 e. The Balaban J connectivity index is 1.21. The number of aromatic nitrogens is 4. The van der Waals surface area contributed by atoms with E-state index in [4.69, 9.17) is 4.98 Å². The summed E-state index contributed by atoms with van der Waals surface area (Å²) in [5.41, 5.74) is 2.01. The lowest BCUT2D eigenvalue weighted by molar-refractivity contribution is 0.229. The van der Waals surface area contributed by atoms with E-state index in [0.29, 0.717) is 12.0 Å². The number of urea groups is 1. The average molecular weight is 381 g/mol. The molecule has 2 amide bonds. The Hall–Kier alpha value is -2.48. The number of anilines is 1. The predicted molar refractivity (Wildman–Crippen MR) is 105 cm³/mol. The van der Waals surface area contributed by atoms with Crippen molar-refractivity contribution in [2.24, 2.45) is 0 Å². The fourth-order valence-corrected chi connectivity index (χ4v) is 4.32. The molecule has 0 aromatic carbocycles. The highest BCUT2D eigenvalue weighted by Crippen LogP contribution is 2.34. The minimum absolute atomic E-state index is 0.0543. The van der Waals surface area contributed by atoms with Crippen molar-refractivity contribution in [3.63, 3.8) is 0 Å². The van der Waals surface area contributed by atoms with Crippen LogP contribution in [0.3, 0.4) is 0 Å². The van der Waals surface area contributed by atoms with Crippen molar-refractivity contribution in [2.45, 2.75) is 44.2 Å². The van der Waals surface area contributed by atoms with Crippen LogP contribution in [0, 0.1) is 0 Å². The van der Waals surface area contributed by atoms with Crippen LogP contribution >= 0.6 is 0 Å². The number of nitrogens with zero attached hydrogens (tertiary/aromatic N) is 7. The van der Waals surface area contributed by atoms with Crippen molar-refractivity contribution in [3.05, 3.63) is 36.2 Å². The van der Waals surface area contributed by atoms with E-state index in [1.165, 1.54) is 19.3 Å². The molecule has 8 nitrogen and oxygen atoms in total. The average Bonchev–Trinajstić information content (AvgIpc) is 3.36. The molecule has 2 aromatic rings. The molecular weight excluding hydrogens is 354 g/mol. The third kappa shape index (κ3) is 3.26. The maximum absolute atomic E-state index is 12.2. The maximum atomic E-state index is 12.2.